The third-order valence-electron chi connectivity index (χ3n) is 1.54. The number of nitrogens with two attached hydrogens (primary N) is 1. The second-order valence-corrected chi connectivity index (χ2v) is 3.78. The van der Waals surface area contributed by atoms with E-state index in [-0.39, 0.29) is 0 Å². The van der Waals surface area contributed by atoms with Crippen LogP contribution in [0.2, 0.25) is 0 Å². The van der Waals surface area contributed by atoms with E-state index in [1.807, 2.05) is 13.8 Å². The minimum Gasteiger partial charge on any atom is -0.383 e. The number of nitrogens with zero attached hydrogens (tertiary/aromatic N) is 1. The van der Waals surface area contributed by atoms with Crippen LogP contribution in [0.25, 0.3) is 0 Å². The van der Waals surface area contributed by atoms with Crippen molar-refractivity contribution in [2.24, 2.45) is 0 Å². The maximum absolute atomic E-state index is 5.60. The summed E-state index contributed by atoms with van der Waals surface area (Å²) in [5.74, 6) is 0.659. The van der Waals surface area contributed by atoms with Crippen LogP contribution in [0.1, 0.15) is 16.8 Å². The lowest BCUT2D eigenvalue weighted by Crippen LogP contribution is -1.97. The first-order valence-electron chi connectivity index (χ1n) is 4.03. The maximum atomic E-state index is 5.60. The summed E-state index contributed by atoms with van der Waals surface area (Å²) < 4.78 is 5.21. The highest BCUT2D eigenvalue weighted by molar-refractivity contribution is 7.12. The molecule has 1 aromatic rings. The summed E-state index contributed by atoms with van der Waals surface area (Å²) in [5.41, 5.74) is 5.60. The normalized spacial score (nSPS) is 10.5. The first kappa shape index (κ1) is 9.48. The van der Waals surface area contributed by atoms with Gasteiger partial charge in [-0.3, -0.25) is 0 Å². The molecule has 0 spiro atoms. The first-order chi connectivity index (χ1) is 5.74. The van der Waals surface area contributed by atoms with E-state index in [2.05, 4.69) is 4.98 Å². The van der Waals surface area contributed by atoms with E-state index >= 15 is 0 Å². The van der Waals surface area contributed by atoms with Crippen LogP contribution in [0.15, 0.2) is 0 Å². The third-order valence-corrected chi connectivity index (χ3v) is 2.59. The highest BCUT2D eigenvalue weighted by atomic mass is 32.1. The molecule has 0 radical (unpaired) electrons. The van der Waals surface area contributed by atoms with Gasteiger partial charge >= 0.3 is 0 Å². The summed E-state index contributed by atoms with van der Waals surface area (Å²) >= 11 is 1.65. The van der Waals surface area contributed by atoms with E-state index < -0.39 is 0 Å². The van der Waals surface area contributed by atoms with E-state index in [1.54, 1.807) is 11.3 Å². The number of hydrogen-bond acceptors (Lipinski definition) is 4. The Bertz CT molecular complexity index is 228. The average Bonchev–Trinajstić information content (AvgIpc) is 2.32. The minimum absolute atomic E-state index is 0.659. The van der Waals surface area contributed by atoms with Gasteiger partial charge in [0.05, 0.1) is 11.6 Å². The van der Waals surface area contributed by atoms with Crippen molar-refractivity contribution in [2.45, 2.75) is 20.3 Å². The zero-order valence-electron chi connectivity index (χ0n) is 7.46. The van der Waals surface area contributed by atoms with Gasteiger partial charge in [-0.1, -0.05) is 0 Å². The number of nitrogen functional groups attached to an aromatic ring is 1. The summed E-state index contributed by atoms with van der Waals surface area (Å²) in [6.07, 6.45) is 0.872. The second kappa shape index (κ2) is 4.42. The predicted molar refractivity (Wildman–Crippen MR) is 51.5 cm³/mol. The van der Waals surface area contributed by atoms with Crippen molar-refractivity contribution >= 4 is 17.2 Å². The summed E-state index contributed by atoms with van der Waals surface area (Å²) in [6, 6.07) is 0. The molecule has 68 valence electrons. The van der Waals surface area contributed by atoms with E-state index in [4.69, 9.17) is 10.5 Å². The third kappa shape index (κ3) is 2.46. The van der Waals surface area contributed by atoms with Crippen LogP contribution >= 0.6 is 11.3 Å². The standard InChI is InChI=1S/C8H14N2OS/c1-3-11-5-4-7-10-8(9)6(2)12-7/h3-5,9H2,1-2H3. The minimum atomic E-state index is 0.659. The van der Waals surface area contributed by atoms with Gasteiger partial charge in [0.2, 0.25) is 0 Å². The molecule has 0 aliphatic rings. The van der Waals surface area contributed by atoms with Gasteiger partial charge < -0.3 is 10.5 Å². The first-order valence-corrected chi connectivity index (χ1v) is 4.85. The summed E-state index contributed by atoms with van der Waals surface area (Å²) in [4.78, 5) is 5.30. The molecular formula is C8H14N2OS. The molecule has 1 heterocycles. The van der Waals surface area contributed by atoms with Gasteiger partial charge in [0.25, 0.3) is 0 Å². The van der Waals surface area contributed by atoms with Gasteiger partial charge in [-0.05, 0) is 13.8 Å². The Morgan fingerprint density at radius 1 is 1.58 bits per heavy atom. The van der Waals surface area contributed by atoms with Crippen LogP contribution in [-0.2, 0) is 11.2 Å². The molecule has 0 fully saturated rings. The van der Waals surface area contributed by atoms with Crippen LogP contribution in [0.3, 0.4) is 0 Å². The second-order valence-electron chi connectivity index (χ2n) is 2.50. The van der Waals surface area contributed by atoms with E-state index in [0.717, 1.165) is 29.5 Å². The lowest BCUT2D eigenvalue weighted by molar-refractivity contribution is 0.151. The number of ether oxygens (including phenoxy) is 1. The molecule has 0 bridgehead atoms. The van der Waals surface area contributed by atoms with E-state index in [0.29, 0.717) is 5.82 Å². The monoisotopic (exact) mass is 186 g/mol. The van der Waals surface area contributed by atoms with Crippen LogP contribution in [-0.4, -0.2) is 18.2 Å². The SMILES string of the molecule is CCOCCc1nc(N)c(C)s1. The lowest BCUT2D eigenvalue weighted by Gasteiger charge is -1.96. The molecule has 4 heteroatoms. The molecule has 12 heavy (non-hydrogen) atoms. The van der Waals surface area contributed by atoms with Crippen LogP contribution < -0.4 is 5.73 Å². The molecule has 0 atom stereocenters. The van der Waals surface area contributed by atoms with Gasteiger partial charge in [0, 0.05) is 17.9 Å². The molecule has 0 aromatic carbocycles. The van der Waals surface area contributed by atoms with E-state index in [9.17, 15) is 0 Å². The molecule has 0 aliphatic heterocycles. The molecule has 2 N–H and O–H groups in total. The zero-order valence-corrected chi connectivity index (χ0v) is 8.28. The number of hydrogen-bond donors (Lipinski definition) is 1. The van der Waals surface area contributed by atoms with Crippen LogP contribution in [0, 0.1) is 6.92 Å². The van der Waals surface area contributed by atoms with Gasteiger partial charge in [-0.15, -0.1) is 11.3 Å². The topological polar surface area (TPSA) is 48.1 Å². The lowest BCUT2D eigenvalue weighted by atomic mass is 10.5. The summed E-state index contributed by atoms with van der Waals surface area (Å²) in [5, 5.41) is 1.07. The van der Waals surface area contributed by atoms with Crippen molar-refractivity contribution in [1.82, 2.24) is 4.98 Å². The highest BCUT2D eigenvalue weighted by Crippen LogP contribution is 2.19. The molecule has 0 saturated heterocycles. The molecule has 0 amide bonds. The van der Waals surface area contributed by atoms with Crippen molar-refractivity contribution < 1.29 is 4.74 Å². The molecule has 0 aliphatic carbocycles. The smallest absolute Gasteiger partial charge is 0.137 e. The van der Waals surface area contributed by atoms with Crippen LogP contribution in [0.4, 0.5) is 5.82 Å². The molecule has 0 saturated carbocycles. The van der Waals surface area contributed by atoms with Crippen molar-refractivity contribution in [3.8, 4) is 0 Å². The molecule has 1 aromatic heterocycles. The Morgan fingerprint density at radius 3 is 2.83 bits per heavy atom. The Labute approximate surface area is 76.6 Å². The molecule has 0 unspecified atom stereocenters. The quantitative estimate of drug-likeness (QED) is 0.727. The van der Waals surface area contributed by atoms with Gasteiger partial charge in [-0.25, -0.2) is 4.98 Å². The number of aryl methyl sites for hydroxylation is 1. The zero-order chi connectivity index (χ0) is 8.97. The van der Waals surface area contributed by atoms with Crippen molar-refractivity contribution in [1.29, 1.82) is 0 Å². The van der Waals surface area contributed by atoms with Crippen molar-refractivity contribution in [3.05, 3.63) is 9.88 Å². The number of rotatable bonds is 4. The fourth-order valence-corrected chi connectivity index (χ4v) is 1.71. The summed E-state index contributed by atoms with van der Waals surface area (Å²) in [7, 11) is 0. The van der Waals surface area contributed by atoms with Gasteiger partial charge in [-0.2, -0.15) is 0 Å². The highest BCUT2D eigenvalue weighted by Gasteiger charge is 2.02. The largest absolute Gasteiger partial charge is 0.383 e. The summed E-state index contributed by atoms with van der Waals surface area (Å²) in [6.45, 7) is 5.47. The fourth-order valence-electron chi connectivity index (χ4n) is 0.876. The van der Waals surface area contributed by atoms with Gasteiger partial charge in [0.1, 0.15) is 5.82 Å². The predicted octanol–water partition coefficient (Wildman–Crippen LogP) is 1.61. The Kier molecular flexibility index (Phi) is 3.49. The van der Waals surface area contributed by atoms with Gasteiger partial charge in [0.15, 0.2) is 0 Å². The molecular weight excluding hydrogens is 172 g/mol. The van der Waals surface area contributed by atoms with Crippen LogP contribution in [0.5, 0.6) is 0 Å². The molecule has 3 nitrogen and oxygen atoms in total. The maximum Gasteiger partial charge on any atom is 0.137 e. The molecule has 1 rings (SSSR count). The van der Waals surface area contributed by atoms with Crippen molar-refractivity contribution in [2.75, 3.05) is 18.9 Å². The number of anilines is 1. The Morgan fingerprint density at radius 2 is 2.33 bits per heavy atom. The Hall–Kier alpha value is -0.610. The number of thiazole rings is 1. The average molecular weight is 186 g/mol. The van der Waals surface area contributed by atoms with E-state index in [1.165, 1.54) is 0 Å². The number of aromatic nitrogens is 1. The Balaban J connectivity index is 2.42. The van der Waals surface area contributed by atoms with Crippen molar-refractivity contribution in [3.63, 3.8) is 0 Å². The fraction of sp³-hybridized carbons (Fsp3) is 0.625.